The van der Waals surface area contributed by atoms with Crippen molar-refractivity contribution in [3.05, 3.63) is 87.4 Å². The van der Waals surface area contributed by atoms with E-state index < -0.39 is 30.1 Å². The van der Waals surface area contributed by atoms with Crippen LogP contribution in [0.4, 0.5) is 0 Å². The average Bonchev–Trinajstić information content (AvgIpc) is 3.23. The molecule has 4 N–H and O–H groups in total. The molecule has 0 radical (unpaired) electrons. The van der Waals surface area contributed by atoms with Crippen molar-refractivity contribution in [2.45, 2.75) is 27.1 Å². The lowest BCUT2D eigenvalue weighted by Gasteiger charge is -2.33. The summed E-state index contributed by atoms with van der Waals surface area (Å²) >= 11 is 12.8. The first-order valence-electron chi connectivity index (χ1n) is 19.7. The molecule has 1 heterocycles. The molecule has 3 aromatic carbocycles. The summed E-state index contributed by atoms with van der Waals surface area (Å²) in [6.45, 7) is 5.36. The van der Waals surface area contributed by atoms with Gasteiger partial charge in [0, 0.05) is 55.2 Å². The quantitative estimate of drug-likeness (QED) is 0.0684. The second kappa shape index (κ2) is 26.4. The standard InChI is InChI=1S/C39H57Cl2N5O12S3/c1-42-9-13-53-17-21-57-22-18-55-15-11-44-60(49,50)34-7-4-8-35(28-34)61(51,52)45-12-16-56-20-24-58-23-19-54-14-10-43-59(47,48)33-6-3-5-31(25-33)37-29-46(2)30-38-36(37)26-32(40)27-39(38)41/h3-8,25-28,37,42-45H,9-24,29-30H2,1-2H3. The van der Waals surface area contributed by atoms with Crippen LogP contribution in [0.15, 0.2) is 75.4 Å². The van der Waals surface area contributed by atoms with Gasteiger partial charge in [-0.3, -0.25) is 0 Å². The van der Waals surface area contributed by atoms with E-state index in [0.29, 0.717) is 49.6 Å². The molecule has 0 saturated heterocycles. The van der Waals surface area contributed by atoms with Crippen molar-refractivity contribution in [3.63, 3.8) is 0 Å². The number of nitrogens with one attached hydrogen (secondary N) is 4. The van der Waals surface area contributed by atoms with E-state index in [1.165, 1.54) is 18.2 Å². The molecule has 17 nitrogen and oxygen atoms in total. The Morgan fingerprint density at radius 2 is 0.984 bits per heavy atom. The van der Waals surface area contributed by atoms with Crippen molar-refractivity contribution in [1.29, 1.82) is 0 Å². The first-order chi connectivity index (χ1) is 29.2. The zero-order valence-electron chi connectivity index (χ0n) is 34.4. The Morgan fingerprint density at radius 1 is 0.574 bits per heavy atom. The van der Waals surface area contributed by atoms with Crippen molar-refractivity contribution in [2.75, 3.05) is 126 Å². The summed E-state index contributed by atoms with van der Waals surface area (Å²) in [7, 11) is -7.99. The maximum atomic E-state index is 13.1. The molecule has 342 valence electrons. The average molecular weight is 955 g/mol. The van der Waals surface area contributed by atoms with Gasteiger partial charge in [-0.15, -0.1) is 0 Å². The number of benzene rings is 3. The smallest absolute Gasteiger partial charge is 0.240 e. The lowest BCUT2D eigenvalue weighted by molar-refractivity contribution is 0.0164. The van der Waals surface area contributed by atoms with E-state index in [4.69, 9.17) is 51.6 Å². The molecule has 1 aliphatic heterocycles. The third kappa shape index (κ3) is 17.6. The van der Waals surface area contributed by atoms with Crippen molar-refractivity contribution < 1.29 is 53.7 Å². The largest absolute Gasteiger partial charge is 0.378 e. The SMILES string of the molecule is CNCCOCCOCCOCCNS(=O)(=O)c1cccc(S(=O)(=O)NCCOCCOCCOCCNS(=O)(=O)c2cccc(C3CN(C)Cc4c(Cl)cc(Cl)cc43)c2)c1. The molecule has 0 saturated carbocycles. The van der Waals surface area contributed by atoms with Gasteiger partial charge in [0.2, 0.25) is 30.1 Å². The maximum absolute atomic E-state index is 13.1. The summed E-state index contributed by atoms with van der Waals surface area (Å²) in [5.74, 6) is -0.103. The molecular formula is C39H57Cl2N5O12S3. The number of nitrogens with zero attached hydrogens (tertiary/aromatic N) is 1. The van der Waals surface area contributed by atoms with Crippen LogP contribution >= 0.6 is 23.2 Å². The fourth-order valence-corrected chi connectivity index (χ4v) is 9.92. The molecule has 0 amide bonds. The van der Waals surface area contributed by atoms with Gasteiger partial charge in [-0.25, -0.2) is 39.4 Å². The van der Waals surface area contributed by atoms with Gasteiger partial charge in [-0.1, -0.05) is 41.4 Å². The highest BCUT2D eigenvalue weighted by atomic mass is 35.5. The molecule has 0 aromatic heterocycles. The third-order valence-electron chi connectivity index (χ3n) is 9.09. The predicted molar refractivity (Wildman–Crippen MR) is 232 cm³/mol. The Balaban J connectivity index is 1.04. The van der Waals surface area contributed by atoms with E-state index in [1.807, 2.05) is 26.2 Å². The summed E-state index contributed by atoms with van der Waals surface area (Å²) in [5, 5.41) is 4.09. The van der Waals surface area contributed by atoms with Gasteiger partial charge < -0.3 is 38.6 Å². The van der Waals surface area contributed by atoms with Gasteiger partial charge in [0.15, 0.2) is 0 Å². The Hall–Kier alpha value is -2.35. The molecule has 0 aliphatic carbocycles. The van der Waals surface area contributed by atoms with Gasteiger partial charge in [-0.2, -0.15) is 0 Å². The third-order valence-corrected chi connectivity index (χ3v) is 14.0. The minimum Gasteiger partial charge on any atom is -0.378 e. The highest BCUT2D eigenvalue weighted by Gasteiger charge is 2.28. The Labute approximate surface area is 370 Å². The van der Waals surface area contributed by atoms with E-state index in [0.717, 1.165) is 29.3 Å². The van der Waals surface area contributed by atoms with Crippen molar-refractivity contribution in [3.8, 4) is 0 Å². The molecule has 0 fully saturated rings. The van der Waals surface area contributed by atoms with Crippen molar-refractivity contribution >= 4 is 53.3 Å². The Bertz CT molecular complexity index is 2140. The zero-order valence-corrected chi connectivity index (χ0v) is 38.4. The second-order valence-electron chi connectivity index (χ2n) is 13.7. The summed E-state index contributed by atoms with van der Waals surface area (Å²) in [5.41, 5.74) is 2.81. The molecule has 1 unspecified atom stereocenters. The number of sulfonamides is 3. The van der Waals surface area contributed by atoms with Crippen LogP contribution in [-0.2, 0) is 65.0 Å². The summed E-state index contributed by atoms with van der Waals surface area (Å²) in [6, 6.07) is 15.5. The van der Waals surface area contributed by atoms with Gasteiger partial charge in [-0.05, 0) is 73.3 Å². The number of ether oxygens (including phenoxy) is 6. The van der Waals surface area contributed by atoms with Gasteiger partial charge >= 0.3 is 0 Å². The fourth-order valence-electron chi connectivity index (χ4n) is 6.09. The van der Waals surface area contributed by atoms with E-state index in [1.54, 1.807) is 24.3 Å². The lowest BCUT2D eigenvalue weighted by atomic mass is 9.85. The van der Waals surface area contributed by atoms with Crippen molar-refractivity contribution in [2.24, 2.45) is 0 Å². The number of fused-ring (bicyclic) bond motifs is 1. The maximum Gasteiger partial charge on any atom is 0.240 e. The summed E-state index contributed by atoms with van der Waals surface area (Å²) in [6.07, 6.45) is 0. The lowest BCUT2D eigenvalue weighted by Crippen LogP contribution is -2.31. The molecule has 1 atom stereocenters. The van der Waals surface area contributed by atoms with Gasteiger partial charge in [0.25, 0.3) is 0 Å². The van der Waals surface area contributed by atoms with Crippen LogP contribution in [0.25, 0.3) is 0 Å². The molecule has 4 rings (SSSR count). The second-order valence-corrected chi connectivity index (χ2v) is 19.9. The normalized spacial score (nSPS) is 15.0. The van der Waals surface area contributed by atoms with Gasteiger partial charge in [0.05, 0.1) is 94.0 Å². The van der Waals surface area contributed by atoms with E-state index in [-0.39, 0.29) is 93.1 Å². The number of hydrogen-bond donors (Lipinski definition) is 4. The molecule has 0 spiro atoms. The van der Waals surface area contributed by atoms with Crippen molar-refractivity contribution in [1.82, 2.24) is 24.4 Å². The molecule has 1 aliphatic rings. The van der Waals surface area contributed by atoms with E-state index in [9.17, 15) is 25.3 Å². The Kier molecular flexibility index (Phi) is 22.2. The number of hydrogen-bond acceptors (Lipinski definition) is 14. The Morgan fingerprint density at radius 3 is 1.44 bits per heavy atom. The van der Waals surface area contributed by atoms with E-state index in [2.05, 4.69) is 24.4 Å². The topological polar surface area (TPSA) is 209 Å². The molecule has 22 heteroatoms. The molecule has 61 heavy (non-hydrogen) atoms. The molecule has 0 bridgehead atoms. The predicted octanol–water partition coefficient (Wildman–Crippen LogP) is 2.42. The summed E-state index contributed by atoms with van der Waals surface area (Å²) in [4.78, 5) is 1.87. The zero-order chi connectivity index (χ0) is 44.1. The number of halogens is 2. The molecular weight excluding hydrogens is 898 g/mol. The van der Waals surface area contributed by atoms with Crippen LogP contribution in [0.2, 0.25) is 10.0 Å². The van der Waals surface area contributed by atoms with Crippen LogP contribution in [0.1, 0.15) is 22.6 Å². The first-order valence-corrected chi connectivity index (χ1v) is 24.9. The minimum atomic E-state index is -4.02. The summed E-state index contributed by atoms with van der Waals surface area (Å²) < 4.78 is 117. The number of rotatable bonds is 31. The van der Waals surface area contributed by atoms with E-state index >= 15 is 0 Å². The van der Waals surface area contributed by atoms with Crippen LogP contribution in [0.3, 0.4) is 0 Å². The van der Waals surface area contributed by atoms with Crippen LogP contribution in [0, 0.1) is 0 Å². The number of likely N-dealkylation sites (N-methyl/N-ethyl adjacent to an activating group) is 2. The molecule has 3 aromatic rings. The monoisotopic (exact) mass is 953 g/mol. The fraction of sp³-hybridized carbons (Fsp3) is 0.538. The van der Waals surface area contributed by atoms with Gasteiger partial charge in [0.1, 0.15) is 0 Å². The minimum absolute atomic E-state index is 0.0110. The van der Waals surface area contributed by atoms with Crippen LogP contribution in [-0.4, -0.2) is 156 Å². The highest BCUT2D eigenvalue weighted by molar-refractivity contribution is 7.90. The van der Waals surface area contributed by atoms with Crippen LogP contribution in [0.5, 0.6) is 0 Å². The first kappa shape index (κ1) is 51.3. The van der Waals surface area contributed by atoms with Crippen LogP contribution < -0.4 is 19.5 Å². The highest BCUT2D eigenvalue weighted by Crippen LogP contribution is 2.38.